The molecule has 1 aromatic carbocycles. The van der Waals surface area contributed by atoms with Crippen LogP contribution >= 0.6 is 0 Å². The number of aliphatic hydroxyl groups is 1. The number of hydrogen-bond acceptors (Lipinski definition) is 3. The van der Waals surface area contributed by atoms with Gasteiger partial charge < -0.3 is 5.11 Å². The van der Waals surface area contributed by atoms with E-state index < -0.39 is 0 Å². The summed E-state index contributed by atoms with van der Waals surface area (Å²) < 4.78 is 0. The Labute approximate surface area is 115 Å². The van der Waals surface area contributed by atoms with Crippen molar-refractivity contribution >= 4 is 0 Å². The Morgan fingerprint density at radius 1 is 1.42 bits per heavy atom. The van der Waals surface area contributed by atoms with Crippen molar-refractivity contribution < 1.29 is 5.11 Å². The molecule has 0 saturated heterocycles. The van der Waals surface area contributed by atoms with Crippen LogP contribution in [0.25, 0.3) is 0 Å². The molecule has 0 saturated carbocycles. The van der Waals surface area contributed by atoms with Gasteiger partial charge in [0.15, 0.2) is 0 Å². The van der Waals surface area contributed by atoms with Crippen molar-refractivity contribution in [2.24, 2.45) is 5.92 Å². The van der Waals surface area contributed by atoms with Crippen LogP contribution in [-0.4, -0.2) is 29.7 Å². The molecule has 1 atom stereocenters. The average molecular weight is 256 g/mol. The molecule has 0 amide bonds. The summed E-state index contributed by atoms with van der Waals surface area (Å²) >= 11 is 0. The van der Waals surface area contributed by atoms with E-state index >= 15 is 0 Å². The van der Waals surface area contributed by atoms with Crippen LogP contribution in [0.2, 0.25) is 0 Å². The lowest BCUT2D eigenvalue weighted by Crippen LogP contribution is -2.27. The van der Waals surface area contributed by atoms with Crippen LogP contribution in [0, 0.1) is 29.1 Å². The van der Waals surface area contributed by atoms with E-state index in [-0.39, 0.29) is 12.5 Å². The number of benzene rings is 1. The Morgan fingerprint density at radius 2 is 2.21 bits per heavy atom. The molecule has 1 rings (SSSR count). The molecule has 1 unspecified atom stereocenters. The van der Waals surface area contributed by atoms with Gasteiger partial charge in [0.1, 0.15) is 6.61 Å². The van der Waals surface area contributed by atoms with E-state index in [1.54, 1.807) is 0 Å². The van der Waals surface area contributed by atoms with Crippen molar-refractivity contribution in [2.75, 3.05) is 19.7 Å². The van der Waals surface area contributed by atoms with E-state index in [4.69, 9.17) is 10.4 Å². The minimum Gasteiger partial charge on any atom is -0.384 e. The van der Waals surface area contributed by atoms with Gasteiger partial charge >= 0.3 is 0 Å². The smallest absolute Gasteiger partial charge is 0.104 e. The lowest BCUT2D eigenvalue weighted by Gasteiger charge is -2.21. The summed E-state index contributed by atoms with van der Waals surface area (Å²) in [6, 6.07) is 10.3. The second-order valence-corrected chi connectivity index (χ2v) is 4.52. The number of nitrogens with zero attached hydrogens (tertiary/aromatic N) is 2. The van der Waals surface area contributed by atoms with Gasteiger partial charge in [-0.1, -0.05) is 30.9 Å². The molecular formula is C16H20N2O. The van der Waals surface area contributed by atoms with Crippen LogP contribution in [-0.2, 0) is 6.54 Å². The highest BCUT2D eigenvalue weighted by molar-refractivity contribution is 5.37. The lowest BCUT2D eigenvalue weighted by molar-refractivity contribution is 0.260. The molecule has 3 nitrogen and oxygen atoms in total. The Balaban J connectivity index is 2.72. The Hall–Kier alpha value is -1.81. The first-order chi connectivity index (χ1) is 9.19. The van der Waals surface area contributed by atoms with Crippen LogP contribution in [0.3, 0.4) is 0 Å². The fourth-order valence-electron chi connectivity index (χ4n) is 1.88. The Morgan fingerprint density at radius 3 is 2.84 bits per heavy atom. The predicted molar refractivity (Wildman–Crippen MR) is 76.1 cm³/mol. The van der Waals surface area contributed by atoms with Gasteiger partial charge in [-0.3, -0.25) is 4.90 Å². The number of aliphatic hydroxyl groups excluding tert-OH is 1. The van der Waals surface area contributed by atoms with Crippen molar-refractivity contribution in [3.8, 4) is 17.9 Å². The molecular weight excluding hydrogens is 236 g/mol. The van der Waals surface area contributed by atoms with E-state index in [1.165, 1.54) is 5.56 Å². The molecule has 1 N–H and O–H groups in total. The van der Waals surface area contributed by atoms with Gasteiger partial charge in [-0.15, -0.1) is 0 Å². The van der Waals surface area contributed by atoms with Crippen LogP contribution < -0.4 is 0 Å². The monoisotopic (exact) mass is 256 g/mol. The van der Waals surface area contributed by atoms with Gasteiger partial charge in [0, 0.05) is 18.7 Å². The predicted octanol–water partition coefficient (Wildman–Crippen LogP) is 2.01. The zero-order valence-electron chi connectivity index (χ0n) is 11.6. The van der Waals surface area contributed by atoms with Crippen LogP contribution in [0.5, 0.6) is 0 Å². The fraction of sp³-hybridized carbons (Fsp3) is 0.438. The van der Waals surface area contributed by atoms with Crippen molar-refractivity contribution in [3.05, 3.63) is 35.4 Å². The highest BCUT2D eigenvalue weighted by atomic mass is 16.2. The summed E-state index contributed by atoms with van der Waals surface area (Å²) in [6.07, 6.45) is 0. The molecule has 0 bridgehead atoms. The highest BCUT2D eigenvalue weighted by Crippen LogP contribution is 2.09. The van der Waals surface area contributed by atoms with E-state index in [9.17, 15) is 0 Å². The molecule has 0 aromatic heterocycles. The van der Waals surface area contributed by atoms with Gasteiger partial charge in [-0.2, -0.15) is 5.26 Å². The van der Waals surface area contributed by atoms with Gasteiger partial charge in [0.25, 0.3) is 0 Å². The van der Waals surface area contributed by atoms with E-state index in [0.717, 1.165) is 25.2 Å². The molecule has 0 aliphatic carbocycles. The molecule has 0 aliphatic rings. The van der Waals surface area contributed by atoms with Crippen molar-refractivity contribution in [3.63, 3.8) is 0 Å². The summed E-state index contributed by atoms with van der Waals surface area (Å²) in [4.78, 5) is 2.24. The summed E-state index contributed by atoms with van der Waals surface area (Å²) in [5.41, 5.74) is 2.09. The summed E-state index contributed by atoms with van der Waals surface area (Å²) in [5, 5.41) is 17.6. The first-order valence-corrected chi connectivity index (χ1v) is 6.50. The molecule has 1 aromatic rings. The zero-order chi connectivity index (χ0) is 14.1. The zero-order valence-corrected chi connectivity index (χ0v) is 11.6. The largest absolute Gasteiger partial charge is 0.384 e. The third-order valence-corrected chi connectivity index (χ3v) is 2.84. The molecule has 0 spiro atoms. The summed E-state index contributed by atoms with van der Waals surface area (Å²) in [5.74, 6) is 5.60. The summed E-state index contributed by atoms with van der Waals surface area (Å²) in [6.45, 7) is 6.42. The number of rotatable bonds is 5. The lowest BCUT2D eigenvalue weighted by atomic mass is 10.1. The van der Waals surface area contributed by atoms with Crippen LogP contribution in [0.4, 0.5) is 0 Å². The normalized spacial score (nSPS) is 11.5. The standard InChI is InChI=1S/C16H20N2O/c1-3-18(12-14(2)11-17)13-16-7-4-6-15(10-16)8-5-9-19/h4,6-7,10,14,19H,3,9,12-13H2,1-2H3. The maximum absolute atomic E-state index is 8.87. The number of nitriles is 1. The molecule has 0 heterocycles. The summed E-state index contributed by atoms with van der Waals surface area (Å²) in [7, 11) is 0. The SMILES string of the molecule is CCN(Cc1cccc(C#CCO)c1)CC(C)C#N. The van der Waals surface area contributed by atoms with E-state index in [1.807, 2.05) is 25.1 Å². The topological polar surface area (TPSA) is 47.3 Å². The van der Waals surface area contributed by atoms with Crippen LogP contribution in [0.15, 0.2) is 24.3 Å². The van der Waals surface area contributed by atoms with Gasteiger partial charge in [-0.25, -0.2) is 0 Å². The Bertz CT molecular complexity index is 493. The van der Waals surface area contributed by atoms with Gasteiger partial charge in [0.05, 0.1) is 12.0 Å². The van der Waals surface area contributed by atoms with Crippen molar-refractivity contribution in [1.29, 1.82) is 5.26 Å². The maximum Gasteiger partial charge on any atom is 0.104 e. The second-order valence-electron chi connectivity index (χ2n) is 4.52. The minimum atomic E-state index is -0.120. The van der Waals surface area contributed by atoms with Crippen molar-refractivity contribution in [2.45, 2.75) is 20.4 Å². The maximum atomic E-state index is 8.87. The third kappa shape index (κ3) is 5.57. The molecule has 19 heavy (non-hydrogen) atoms. The van der Waals surface area contributed by atoms with E-state index in [0.29, 0.717) is 0 Å². The number of hydrogen-bond donors (Lipinski definition) is 1. The first kappa shape index (κ1) is 15.2. The van der Waals surface area contributed by atoms with Gasteiger partial charge in [-0.05, 0) is 31.2 Å². The molecule has 0 aliphatic heterocycles. The average Bonchev–Trinajstić information content (AvgIpc) is 2.44. The van der Waals surface area contributed by atoms with Crippen LogP contribution in [0.1, 0.15) is 25.0 Å². The molecule has 3 heteroatoms. The third-order valence-electron chi connectivity index (χ3n) is 2.84. The van der Waals surface area contributed by atoms with Gasteiger partial charge in [0.2, 0.25) is 0 Å². The van der Waals surface area contributed by atoms with Crippen molar-refractivity contribution in [1.82, 2.24) is 4.90 Å². The first-order valence-electron chi connectivity index (χ1n) is 6.50. The molecule has 100 valence electrons. The Kier molecular flexibility index (Phi) is 6.68. The van der Waals surface area contributed by atoms with E-state index in [2.05, 4.69) is 35.8 Å². The second kappa shape index (κ2) is 8.32. The molecule has 0 fully saturated rings. The molecule has 0 radical (unpaired) electrons. The highest BCUT2D eigenvalue weighted by Gasteiger charge is 2.08. The fourth-order valence-corrected chi connectivity index (χ4v) is 1.88. The quantitative estimate of drug-likeness (QED) is 0.820. The minimum absolute atomic E-state index is 0.0392.